The minimum absolute atomic E-state index is 0.245. The Bertz CT molecular complexity index is 507. The molecule has 20 heavy (non-hydrogen) atoms. The normalized spacial score (nSPS) is 16.2. The number of anilines is 1. The minimum atomic E-state index is -1.01. The number of carbonyl (C=O) groups excluding carboxylic acids is 1. The van der Waals surface area contributed by atoms with E-state index in [1.807, 2.05) is 0 Å². The van der Waals surface area contributed by atoms with Crippen molar-refractivity contribution in [1.82, 2.24) is 10.3 Å². The van der Waals surface area contributed by atoms with Gasteiger partial charge < -0.3 is 10.4 Å². The molecule has 0 spiro atoms. The van der Waals surface area contributed by atoms with Crippen molar-refractivity contribution in [1.29, 1.82) is 0 Å². The van der Waals surface area contributed by atoms with Gasteiger partial charge in [-0.2, -0.15) is 0 Å². The molecule has 108 valence electrons. The average molecular weight is 295 g/mol. The van der Waals surface area contributed by atoms with Crippen LogP contribution in [-0.2, 0) is 4.79 Å². The van der Waals surface area contributed by atoms with E-state index in [2.05, 4.69) is 15.6 Å². The predicted octanol–water partition coefficient (Wildman–Crippen LogP) is 2.70. The van der Waals surface area contributed by atoms with Gasteiger partial charge in [-0.15, -0.1) is 0 Å². The molecular formula is C13H17N3O3S. The smallest absolute Gasteiger partial charge is 0.328 e. The lowest BCUT2D eigenvalue weighted by molar-refractivity contribution is -0.131. The molecule has 6 nitrogen and oxygen atoms in total. The zero-order chi connectivity index (χ0) is 14.4. The second kappa shape index (κ2) is 7.04. The fraction of sp³-hybridized carbons (Fsp3) is 0.462. The molecular weight excluding hydrogens is 278 g/mol. The van der Waals surface area contributed by atoms with E-state index in [9.17, 15) is 9.59 Å². The molecule has 1 saturated carbocycles. The number of carboxylic acid groups (broad SMARTS) is 1. The molecule has 0 radical (unpaired) electrons. The topological polar surface area (TPSA) is 91.3 Å². The second-order valence-corrected chi connectivity index (χ2v) is 5.73. The molecule has 1 aliphatic carbocycles. The van der Waals surface area contributed by atoms with Crippen LogP contribution in [0.3, 0.4) is 0 Å². The van der Waals surface area contributed by atoms with Crippen LogP contribution in [0.5, 0.6) is 0 Å². The summed E-state index contributed by atoms with van der Waals surface area (Å²) in [4.78, 5) is 26.9. The summed E-state index contributed by atoms with van der Waals surface area (Å²) < 4.78 is 0. The maximum absolute atomic E-state index is 11.8. The van der Waals surface area contributed by atoms with E-state index < -0.39 is 5.97 Å². The third-order valence-electron chi connectivity index (χ3n) is 3.07. The van der Waals surface area contributed by atoms with Crippen LogP contribution in [0.1, 0.15) is 37.0 Å². The lowest BCUT2D eigenvalue weighted by atomic mass is 9.96. The second-order valence-electron chi connectivity index (χ2n) is 4.67. The largest absolute Gasteiger partial charge is 0.478 e. The summed E-state index contributed by atoms with van der Waals surface area (Å²) in [5, 5.41) is 14.6. The Kier molecular flexibility index (Phi) is 5.11. The first-order chi connectivity index (χ1) is 9.63. The number of hydrogen-bond acceptors (Lipinski definition) is 4. The van der Waals surface area contributed by atoms with E-state index in [1.165, 1.54) is 30.0 Å². The summed E-state index contributed by atoms with van der Waals surface area (Å²) in [5.41, 5.74) is 0. The van der Waals surface area contributed by atoms with Crippen LogP contribution in [0.4, 0.5) is 9.93 Å². The Balaban J connectivity index is 1.83. The van der Waals surface area contributed by atoms with Crippen LogP contribution in [0.25, 0.3) is 6.08 Å². The minimum Gasteiger partial charge on any atom is -0.478 e. The number of nitrogens with one attached hydrogen (secondary N) is 2. The van der Waals surface area contributed by atoms with Crippen molar-refractivity contribution in [2.24, 2.45) is 0 Å². The molecule has 1 aromatic heterocycles. The highest BCUT2D eigenvalue weighted by atomic mass is 32.1. The van der Waals surface area contributed by atoms with Crippen molar-refractivity contribution in [2.45, 2.75) is 38.1 Å². The molecule has 2 amide bonds. The summed E-state index contributed by atoms with van der Waals surface area (Å²) in [6.45, 7) is 0. The molecule has 0 atom stereocenters. The third kappa shape index (κ3) is 4.65. The van der Waals surface area contributed by atoms with Crippen LogP contribution in [0.15, 0.2) is 12.3 Å². The lowest BCUT2D eigenvalue weighted by Crippen LogP contribution is -2.38. The molecule has 0 aliphatic heterocycles. The van der Waals surface area contributed by atoms with Gasteiger partial charge in [-0.3, -0.25) is 5.32 Å². The van der Waals surface area contributed by atoms with Gasteiger partial charge in [0.25, 0.3) is 0 Å². The molecule has 1 aromatic rings. The zero-order valence-electron chi connectivity index (χ0n) is 11.0. The highest BCUT2D eigenvalue weighted by Gasteiger charge is 2.16. The van der Waals surface area contributed by atoms with Crippen LogP contribution in [0.2, 0.25) is 0 Å². The summed E-state index contributed by atoms with van der Waals surface area (Å²) in [5.74, 6) is -1.01. The monoisotopic (exact) mass is 295 g/mol. The van der Waals surface area contributed by atoms with Crippen molar-refractivity contribution in [3.05, 3.63) is 17.2 Å². The molecule has 0 saturated heterocycles. The number of carboxylic acids is 1. The Morgan fingerprint density at radius 1 is 1.35 bits per heavy atom. The molecule has 2 rings (SSSR count). The molecule has 7 heteroatoms. The van der Waals surface area contributed by atoms with E-state index in [0.717, 1.165) is 31.8 Å². The number of nitrogens with zero attached hydrogens (tertiary/aromatic N) is 1. The number of hydrogen-bond donors (Lipinski definition) is 3. The van der Waals surface area contributed by atoms with E-state index in [0.29, 0.717) is 10.0 Å². The Labute approximate surface area is 120 Å². The number of aromatic nitrogens is 1. The van der Waals surface area contributed by atoms with Gasteiger partial charge in [0.2, 0.25) is 0 Å². The molecule has 0 aromatic carbocycles. The van der Waals surface area contributed by atoms with Crippen molar-refractivity contribution in [3.8, 4) is 0 Å². The summed E-state index contributed by atoms with van der Waals surface area (Å²) in [6.07, 6.45) is 9.63. The molecule has 0 unspecified atom stereocenters. The van der Waals surface area contributed by atoms with Gasteiger partial charge in [-0.25, -0.2) is 14.6 Å². The standard InChI is InChI=1S/C13H17N3O3S/c17-11(18)7-6-10-8-14-13(20-10)16-12(19)15-9-4-2-1-3-5-9/h6-9H,1-5H2,(H,17,18)(H2,14,15,16,19). The van der Waals surface area contributed by atoms with Crippen molar-refractivity contribution in [2.75, 3.05) is 5.32 Å². The molecule has 1 fully saturated rings. The molecule has 1 aliphatic rings. The van der Waals surface area contributed by atoms with Gasteiger partial charge >= 0.3 is 12.0 Å². The fourth-order valence-electron chi connectivity index (χ4n) is 2.14. The Hall–Kier alpha value is -1.89. The zero-order valence-corrected chi connectivity index (χ0v) is 11.8. The average Bonchev–Trinajstić information content (AvgIpc) is 2.85. The number of amides is 2. The van der Waals surface area contributed by atoms with Crippen LogP contribution < -0.4 is 10.6 Å². The van der Waals surface area contributed by atoms with E-state index in [-0.39, 0.29) is 12.1 Å². The summed E-state index contributed by atoms with van der Waals surface area (Å²) in [7, 11) is 0. The van der Waals surface area contributed by atoms with Gasteiger partial charge in [0.05, 0.1) is 0 Å². The first-order valence-corrected chi connectivity index (χ1v) is 7.39. The number of urea groups is 1. The van der Waals surface area contributed by atoms with Gasteiger partial charge in [-0.1, -0.05) is 30.6 Å². The van der Waals surface area contributed by atoms with Crippen LogP contribution in [0, 0.1) is 0 Å². The van der Waals surface area contributed by atoms with E-state index >= 15 is 0 Å². The van der Waals surface area contributed by atoms with Gasteiger partial charge in [0.15, 0.2) is 5.13 Å². The third-order valence-corrected chi connectivity index (χ3v) is 3.95. The summed E-state index contributed by atoms with van der Waals surface area (Å²) >= 11 is 1.23. The summed E-state index contributed by atoms with van der Waals surface area (Å²) in [6, 6.07) is -0.00453. The van der Waals surface area contributed by atoms with Gasteiger partial charge in [-0.05, 0) is 18.9 Å². The maximum Gasteiger partial charge on any atom is 0.328 e. The highest BCUT2D eigenvalue weighted by molar-refractivity contribution is 7.16. The lowest BCUT2D eigenvalue weighted by Gasteiger charge is -2.22. The predicted molar refractivity (Wildman–Crippen MR) is 77.8 cm³/mol. The Morgan fingerprint density at radius 3 is 2.80 bits per heavy atom. The SMILES string of the molecule is O=C(O)C=Cc1cnc(NC(=O)NC2CCCCC2)s1. The molecule has 3 N–H and O–H groups in total. The number of carbonyl (C=O) groups is 2. The van der Waals surface area contributed by atoms with E-state index in [4.69, 9.17) is 5.11 Å². The number of aliphatic carboxylic acids is 1. The fourth-order valence-corrected chi connectivity index (χ4v) is 2.85. The van der Waals surface area contributed by atoms with Crippen LogP contribution >= 0.6 is 11.3 Å². The van der Waals surface area contributed by atoms with Crippen LogP contribution in [-0.4, -0.2) is 28.1 Å². The number of thiazole rings is 1. The van der Waals surface area contributed by atoms with Crippen molar-refractivity contribution in [3.63, 3.8) is 0 Å². The molecule has 0 bridgehead atoms. The first kappa shape index (κ1) is 14.5. The quantitative estimate of drug-likeness (QED) is 0.745. The Morgan fingerprint density at radius 2 is 2.10 bits per heavy atom. The van der Waals surface area contributed by atoms with E-state index in [1.54, 1.807) is 0 Å². The number of rotatable bonds is 4. The van der Waals surface area contributed by atoms with Gasteiger partial charge in [0, 0.05) is 23.2 Å². The first-order valence-electron chi connectivity index (χ1n) is 6.58. The molecule has 1 heterocycles. The van der Waals surface area contributed by atoms with Crippen molar-refractivity contribution < 1.29 is 14.7 Å². The van der Waals surface area contributed by atoms with Crippen molar-refractivity contribution >= 4 is 34.5 Å². The highest BCUT2D eigenvalue weighted by Crippen LogP contribution is 2.20. The van der Waals surface area contributed by atoms with Gasteiger partial charge in [0.1, 0.15) is 0 Å². The maximum atomic E-state index is 11.8.